The molecule has 136 valence electrons. The predicted octanol–water partition coefficient (Wildman–Crippen LogP) is 2.19. The number of hydrogen-bond acceptors (Lipinski definition) is 3. The molecule has 0 aliphatic heterocycles. The van der Waals surface area contributed by atoms with Crippen molar-refractivity contribution in [1.29, 1.82) is 0 Å². The molecule has 6 nitrogen and oxygen atoms in total. The van der Waals surface area contributed by atoms with Gasteiger partial charge in [0, 0.05) is 30.2 Å². The van der Waals surface area contributed by atoms with Crippen LogP contribution in [0.25, 0.3) is 5.69 Å². The van der Waals surface area contributed by atoms with Crippen molar-refractivity contribution in [2.45, 2.75) is 18.6 Å². The summed E-state index contributed by atoms with van der Waals surface area (Å²) >= 11 is 0. The average Bonchev–Trinajstić information content (AvgIpc) is 3.31. The lowest BCUT2D eigenvalue weighted by Gasteiger charge is -2.17. The van der Waals surface area contributed by atoms with E-state index in [1.807, 2.05) is 59.4 Å². The van der Waals surface area contributed by atoms with Crippen LogP contribution in [-0.4, -0.2) is 27.6 Å². The fourth-order valence-electron chi connectivity index (χ4n) is 3.39. The summed E-state index contributed by atoms with van der Waals surface area (Å²) in [6.45, 7) is 0. The van der Waals surface area contributed by atoms with Crippen LogP contribution < -0.4 is 10.6 Å². The quantitative estimate of drug-likeness (QED) is 0.626. The van der Waals surface area contributed by atoms with Crippen LogP contribution in [0.15, 0.2) is 73.1 Å². The molecule has 0 saturated carbocycles. The first kappa shape index (κ1) is 17.1. The Hall–Kier alpha value is -3.38. The summed E-state index contributed by atoms with van der Waals surface area (Å²) in [4.78, 5) is 24.6. The number of anilines is 1. The van der Waals surface area contributed by atoms with Crippen LogP contribution in [0.4, 0.5) is 5.69 Å². The molecule has 0 radical (unpaired) electrons. The van der Waals surface area contributed by atoms with Crippen LogP contribution in [0, 0.1) is 0 Å². The van der Waals surface area contributed by atoms with Crippen molar-refractivity contribution in [2.75, 3.05) is 5.32 Å². The molecule has 1 aliphatic carbocycles. The van der Waals surface area contributed by atoms with Crippen molar-refractivity contribution < 1.29 is 14.7 Å². The number of aromatic nitrogens is 1. The topological polar surface area (TPSA) is 83.4 Å². The molecule has 1 heterocycles. The maximum Gasteiger partial charge on any atom is 0.313 e. The average molecular weight is 361 g/mol. The fraction of sp³-hybridized carbons (Fsp3) is 0.143. The summed E-state index contributed by atoms with van der Waals surface area (Å²) in [6.07, 6.45) is 3.51. The molecule has 1 aromatic heterocycles. The third kappa shape index (κ3) is 3.47. The molecule has 3 N–H and O–H groups in total. The molecule has 0 fully saturated rings. The van der Waals surface area contributed by atoms with E-state index in [1.165, 1.54) is 0 Å². The van der Waals surface area contributed by atoms with E-state index in [2.05, 4.69) is 10.6 Å². The third-order valence-corrected chi connectivity index (χ3v) is 4.70. The second kappa shape index (κ2) is 7.09. The first-order valence-corrected chi connectivity index (χ1v) is 8.73. The highest BCUT2D eigenvalue weighted by Crippen LogP contribution is 2.31. The molecular weight excluding hydrogens is 342 g/mol. The lowest BCUT2D eigenvalue weighted by Crippen LogP contribution is -2.40. The zero-order chi connectivity index (χ0) is 18.8. The summed E-state index contributed by atoms with van der Waals surface area (Å²) < 4.78 is 1.90. The van der Waals surface area contributed by atoms with Gasteiger partial charge in [-0.3, -0.25) is 9.59 Å². The molecule has 0 spiro atoms. The lowest BCUT2D eigenvalue weighted by atomic mass is 10.1. The van der Waals surface area contributed by atoms with E-state index >= 15 is 0 Å². The number of nitrogens with zero attached hydrogens (tertiary/aromatic N) is 1. The first-order chi connectivity index (χ1) is 13.1. The molecular formula is C21H19N3O3. The number of aliphatic hydroxyl groups excluding tert-OH is 1. The van der Waals surface area contributed by atoms with Crippen LogP contribution >= 0.6 is 0 Å². The fourth-order valence-corrected chi connectivity index (χ4v) is 3.39. The monoisotopic (exact) mass is 361 g/mol. The number of benzene rings is 2. The molecule has 2 atom stereocenters. The number of carbonyl (C=O) groups is 2. The van der Waals surface area contributed by atoms with Crippen LogP contribution in [0.3, 0.4) is 0 Å². The zero-order valence-electron chi connectivity index (χ0n) is 14.5. The van der Waals surface area contributed by atoms with E-state index in [1.54, 1.807) is 18.2 Å². The van der Waals surface area contributed by atoms with Crippen LogP contribution in [0.1, 0.15) is 17.2 Å². The Morgan fingerprint density at radius 2 is 1.74 bits per heavy atom. The van der Waals surface area contributed by atoms with Crippen molar-refractivity contribution in [3.05, 3.63) is 84.2 Å². The molecule has 0 saturated heterocycles. The van der Waals surface area contributed by atoms with Crippen molar-refractivity contribution in [1.82, 2.24) is 9.88 Å². The summed E-state index contributed by atoms with van der Waals surface area (Å²) in [5, 5.41) is 15.5. The molecule has 27 heavy (non-hydrogen) atoms. The number of nitrogens with one attached hydrogen (secondary N) is 2. The van der Waals surface area contributed by atoms with Gasteiger partial charge in [-0.25, -0.2) is 0 Å². The Kier molecular flexibility index (Phi) is 4.48. The highest BCUT2D eigenvalue weighted by Gasteiger charge is 2.33. The normalized spacial score (nSPS) is 18.0. The van der Waals surface area contributed by atoms with Gasteiger partial charge in [-0.1, -0.05) is 30.3 Å². The van der Waals surface area contributed by atoms with Crippen molar-refractivity contribution >= 4 is 17.5 Å². The van der Waals surface area contributed by atoms with Gasteiger partial charge in [-0.15, -0.1) is 0 Å². The minimum absolute atomic E-state index is 0.460. The van der Waals surface area contributed by atoms with Gasteiger partial charge in [0.2, 0.25) is 0 Å². The van der Waals surface area contributed by atoms with Crippen molar-refractivity contribution in [2.24, 2.45) is 0 Å². The van der Waals surface area contributed by atoms with Crippen LogP contribution in [-0.2, 0) is 16.0 Å². The molecule has 3 aromatic rings. The zero-order valence-corrected chi connectivity index (χ0v) is 14.5. The maximum atomic E-state index is 12.3. The van der Waals surface area contributed by atoms with E-state index in [4.69, 9.17) is 0 Å². The van der Waals surface area contributed by atoms with Gasteiger partial charge >= 0.3 is 11.8 Å². The summed E-state index contributed by atoms with van der Waals surface area (Å²) in [6, 6.07) is 18.0. The number of hydrogen-bond donors (Lipinski definition) is 3. The largest absolute Gasteiger partial charge is 0.390 e. The van der Waals surface area contributed by atoms with Gasteiger partial charge in [-0.05, 0) is 41.5 Å². The van der Waals surface area contributed by atoms with Crippen LogP contribution in [0.5, 0.6) is 0 Å². The SMILES string of the molecule is O=C(Nc1cccc(-n2cccc2)c1)C(=O)N[C@H]1c2ccccc2C[C@H]1O. The highest BCUT2D eigenvalue weighted by atomic mass is 16.3. The number of fused-ring (bicyclic) bond motifs is 1. The third-order valence-electron chi connectivity index (χ3n) is 4.70. The molecule has 2 aromatic carbocycles. The number of rotatable bonds is 3. The molecule has 6 heteroatoms. The number of amides is 2. The minimum atomic E-state index is -0.776. The predicted molar refractivity (Wildman–Crippen MR) is 101 cm³/mol. The van der Waals surface area contributed by atoms with E-state index < -0.39 is 24.0 Å². The maximum absolute atomic E-state index is 12.3. The van der Waals surface area contributed by atoms with Gasteiger partial charge in [0.25, 0.3) is 0 Å². The summed E-state index contributed by atoms with van der Waals surface area (Å²) in [7, 11) is 0. The Labute approximate surface area is 156 Å². The van der Waals surface area contributed by atoms with E-state index in [-0.39, 0.29) is 0 Å². The van der Waals surface area contributed by atoms with E-state index in [0.717, 1.165) is 16.8 Å². The van der Waals surface area contributed by atoms with Gasteiger partial charge in [0.1, 0.15) is 0 Å². The molecule has 0 unspecified atom stereocenters. The number of aliphatic hydroxyl groups is 1. The highest BCUT2D eigenvalue weighted by molar-refractivity contribution is 6.39. The second-order valence-corrected chi connectivity index (χ2v) is 6.52. The van der Waals surface area contributed by atoms with Crippen molar-refractivity contribution in [3.8, 4) is 5.69 Å². The van der Waals surface area contributed by atoms with Crippen molar-refractivity contribution in [3.63, 3.8) is 0 Å². The first-order valence-electron chi connectivity index (χ1n) is 8.73. The van der Waals surface area contributed by atoms with Gasteiger partial charge in [0.15, 0.2) is 0 Å². The Balaban J connectivity index is 1.45. The minimum Gasteiger partial charge on any atom is -0.390 e. The Morgan fingerprint density at radius 1 is 0.963 bits per heavy atom. The molecule has 2 amide bonds. The molecule has 4 rings (SSSR count). The standard InChI is InChI=1S/C21H19N3O3/c25-18-12-14-6-1-2-9-17(14)19(18)23-21(27)20(26)22-15-7-5-8-16(13-15)24-10-3-4-11-24/h1-11,13,18-19,25H,12H2,(H,22,26)(H,23,27)/t18-,19+/m1/s1. The lowest BCUT2D eigenvalue weighted by molar-refractivity contribution is -0.137. The second-order valence-electron chi connectivity index (χ2n) is 6.52. The van der Waals surface area contributed by atoms with Gasteiger partial charge < -0.3 is 20.3 Å². The van der Waals surface area contributed by atoms with E-state index in [0.29, 0.717) is 12.1 Å². The van der Waals surface area contributed by atoms with Gasteiger partial charge in [-0.2, -0.15) is 0 Å². The molecule has 0 bridgehead atoms. The van der Waals surface area contributed by atoms with Gasteiger partial charge in [0.05, 0.1) is 12.1 Å². The Morgan fingerprint density at radius 3 is 2.56 bits per heavy atom. The number of carbonyl (C=O) groups excluding carboxylic acids is 2. The van der Waals surface area contributed by atoms with E-state index in [9.17, 15) is 14.7 Å². The summed E-state index contributed by atoms with van der Waals surface area (Å²) in [5.41, 5.74) is 3.22. The smallest absolute Gasteiger partial charge is 0.313 e. The Bertz CT molecular complexity index is 982. The van der Waals surface area contributed by atoms with Crippen LogP contribution in [0.2, 0.25) is 0 Å². The molecule has 1 aliphatic rings. The summed E-state index contributed by atoms with van der Waals surface area (Å²) in [5.74, 6) is -1.54.